The van der Waals surface area contributed by atoms with E-state index in [1.807, 2.05) is 0 Å². The molecular weight excluding hydrogens is 220 g/mol. The average molecular weight is 252 g/mol. The summed E-state index contributed by atoms with van der Waals surface area (Å²) in [5.74, 6) is 0.886. The van der Waals surface area contributed by atoms with Gasteiger partial charge in [0, 0.05) is 12.1 Å². The number of hydrogen-bond acceptors (Lipinski definition) is 2. The molecule has 18 heavy (non-hydrogen) atoms. The second kappa shape index (κ2) is 7.49. The van der Waals surface area contributed by atoms with Crippen LogP contribution in [0.4, 0.5) is 0 Å². The third kappa shape index (κ3) is 4.24. The summed E-state index contributed by atoms with van der Waals surface area (Å²) in [6.07, 6.45) is 12.8. The highest BCUT2D eigenvalue weighted by Gasteiger charge is 2.21. The van der Waals surface area contributed by atoms with E-state index in [0.29, 0.717) is 0 Å². The molecule has 1 aliphatic heterocycles. The van der Waals surface area contributed by atoms with Gasteiger partial charge in [-0.25, -0.2) is 0 Å². The maximum absolute atomic E-state index is 3.85. The molecule has 2 fully saturated rings. The molecule has 0 bridgehead atoms. The molecule has 0 spiro atoms. The van der Waals surface area contributed by atoms with Crippen LogP contribution in [0.25, 0.3) is 0 Å². The molecule has 0 amide bonds. The Bertz CT molecular complexity index is 229. The Morgan fingerprint density at radius 3 is 2.61 bits per heavy atom. The maximum Gasteiger partial charge on any atom is 0.0104 e. The van der Waals surface area contributed by atoms with Crippen molar-refractivity contribution in [2.75, 3.05) is 20.1 Å². The van der Waals surface area contributed by atoms with Gasteiger partial charge in [0.05, 0.1) is 0 Å². The van der Waals surface area contributed by atoms with Gasteiger partial charge < -0.3 is 10.2 Å². The van der Waals surface area contributed by atoms with Gasteiger partial charge in [-0.3, -0.25) is 0 Å². The second-order valence-corrected chi connectivity index (χ2v) is 6.59. The standard InChI is InChI=1S/C16H32N2/c1-14-8-4-3-5-10-16(14)17-12-11-15-9-6-7-13-18(15)2/h14-17H,3-13H2,1-2H3. The van der Waals surface area contributed by atoms with Gasteiger partial charge in [-0.15, -0.1) is 0 Å². The Hall–Kier alpha value is -0.0800. The van der Waals surface area contributed by atoms with Crippen molar-refractivity contribution in [2.24, 2.45) is 5.92 Å². The fourth-order valence-electron chi connectivity index (χ4n) is 3.74. The van der Waals surface area contributed by atoms with Gasteiger partial charge >= 0.3 is 0 Å². The van der Waals surface area contributed by atoms with Crippen LogP contribution in [-0.2, 0) is 0 Å². The quantitative estimate of drug-likeness (QED) is 0.771. The molecule has 1 aliphatic carbocycles. The minimum absolute atomic E-state index is 0.793. The van der Waals surface area contributed by atoms with Crippen LogP contribution in [-0.4, -0.2) is 37.1 Å². The van der Waals surface area contributed by atoms with Crippen molar-refractivity contribution < 1.29 is 0 Å². The molecule has 0 radical (unpaired) electrons. The van der Waals surface area contributed by atoms with Crippen molar-refractivity contribution >= 4 is 0 Å². The zero-order valence-electron chi connectivity index (χ0n) is 12.5. The fourth-order valence-corrected chi connectivity index (χ4v) is 3.74. The lowest BCUT2D eigenvalue weighted by Gasteiger charge is -2.33. The first-order valence-electron chi connectivity index (χ1n) is 8.21. The van der Waals surface area contributed by atoms with Crippen LogP contribution in [0.1, 0.15) is 64.7 Å². The van der Waals surface area contributed by atoms with E-state index < -0.39 is 0 Å². The summed E-state index contributed by atoms with van der Waals surface area (Å²) in [5, 5.41) is 3.85. The van der Waals surface area contributed by atoms with Gasteiger partial charge in [0.1, 0.15) is 0 Å². The molecule has 0 aromatic carbocycles. The molecule has 2 aliphatic rings. The van der Waals surface area contributed by atoms with E-state index in [9.17, 15) is 0 Å². The first kappa shape index (κ1) is 14.3. The maximum atomic E-state index is 3.85. The largest absolute Gasteiger partial charge is 0.314 e. The smallest absolute Gasteiger partial charge is 0.0104 e. The van der Waals surface area contributed by atoms with E-state index in [1.54, 1.807) is 0 Å². The van der Waals surface area contributed by atoms with Gasteiger partial charge in [-0.2, -0.15) is 0 Å². The van der Waals surface area contributed by atoms with Crippen molar-refractivity contribution in [3.05, 3.63) is 0 Å². The van der Waals surface area contributed by atoms with E-state index >= 15 is 0 Å². The molecule has 1 heterocycles. The van der Waals surface area contributed by atoms with E-state index in [2.05, 4.69) is 24.2 Å². The van der Waals surface area contributed by atoms with Gasteiger partial charge in [0.2, 0.25) is 0 Å². The van der Waals surface area contributed by atoms with Crippen LogP contribution < -0.4 is 5.32 Å². The lowest BCUT2D eigenvalue weighted by atomic mass is 9.96. The van der Waals surface area contributed by atoms with Crippen LogP contribution in [0, 0.1) is 5.92 Å². The molecule has 2 nitrogen and oxygen atoms in total. The van der Waals surface area contributed by atoms with Crippen molar-refractivity contribution in [2.45, 2.75) is 76.8 Å². The van der Waals surface area contributed by atoms with Crippen molar-refractivity contribution in [1.82, 2.24) is 10.2 Å². The molecule has 3 atom stereocenters. The Morgan fingerprint density at radius 1 is 1.00 bits per heavy atom. The molecule has 1 saturated carbocycles. The molecule has 106 valence electrons. The van der Waals surface area contributed by atoms with Crippen molar-refractivity contribution in [1.29, 1.82) is 0 Å². The summed E-state index contributed by atoms with van der Waals surface area (Å²) in [4.78, 5) is 2.57. The number of likely N-dealkylation sites (tertiary alicyclic amines) is 1. The predicted molar refractivity (Wildman–Crippen MR) is 78.9 cm³/mol. The summed E-state index contributed by atoms with van der Waals surface area (Å²) in [6.45, 7) is 4.98. The zero-order valence-corrected chi connectivity index (χ0v) is 12.5. The van der Waals surface area contributed by atoms with Crippen molar-refractivity contribution in [3.63, 3.8) is 0 Å². The summed E-state index contributed by atoms with van der Waals surface area (Å²) in [6, 6.07) is 1.63. The lowest BCUT2D eigenvalue weighted by Crippen LogP contribution is -2.41. The molecule has 3 unspecified atom stereocenters. The van der Waals surface area contributed by atoms with Crippen LogP contribution in [0.5, 0.6) is 0 Å². The SMILES string of the molecule is CC1CCCCCC1NCCC1CCCCN1C. The van der Waals surface area contributed by atoms with Gasteiger partial charge in [0.15, 0.2) is 0 Å². The lowest BCUT2D eigenvalue weighted by molar-refractivity contribution is 0.172. The van der Waals surface area contributed by atoms with Crippen LogP contribution in [0.2, 0.25) is 0 Å². The molecule has 1 saturated heterocycles. The number of piperidine rings is 1. The number of nitrogens with zero attached hydrogens (tertiary/aromatic N) is 1. The van der Waals surface area contributed by atoms with Crippen molar-refractivity contribution in [3.8, 4) is 0 Å². The molecule has 2 heteroatoms. The molecule has 1 N–H and O–H groups in total. The average Bonchev–Trinajstić information content (AvgIpc) is 2.57. The number of nitrogens with one attached hydrogen (secondary N) is 1. The minimum atomic E-state index is 0.793. The molecule has 2 rings (SSSR count). The third-order valence-electron chi connectivity index (χ3n) is 5.17. The fraction of sp³-hybridized carbons (Fsp3) is 1.00. The van der Waals surface area contributed by atoms with E-state index in [-0.39, 0.29) is 0 Å². The zero-order chi connectivity index (χ0) is 12.8. The Balaban J connectivity index is 1.67. The Morgan fingerprint density at radius 2 is 1.78 bits per heavy atom. The first-order chi connectivity index (χ1) is 8.77. The molecule has 0 aromatic rings. The van der Waals surface area contributed by atoms with Crippen LogP contribution in [0.3, 0.4) is 0 Å². The molecule has 0 aromatic heterocycles. The highest BCUT2D eigenvalue weighted by molar-refractivity contribution is 4.79. The van der Waals surface area contributed by atoms with Crippen LogP contribution in [0.15, 0.2) is 0 Å². The van der Waals surface area contributed by atoms with E-state index in [1.165, 1.54) is 70.9 Å². The third-order valence-corrected chi connectivity index (χ3v) is 5.17. The van der Waals surface area contributed by atoms with E-state index in [4.69, 9.17) is 0 Å². The Labute approximate surface area is 114 Å². The highest BCUT2D eigenvalue weighted by Crippen LogP contribution is 2.23. The summed E-state index contributed by atoms with van der Waals surface area (Å²) in [5.41, 5.74) is 0. The summed E-state index contributed by atoms with van der Waals surface area (Å²) in [7, 11) is 2.30. The summed E-state index contributed by atoms with van der Waals surface area (Å²) >= 11 is 0. The highest BCUT2D eigenvalue weighted by atomic mass is 15.1. The molecular formula is C16H32N2. The predicted octanol–water partition coefficient (Wildman–Crippen LogP) is 3.42. The van der Waals surface area contributed by atoms with Gasteiger partial charge in [-0.05, 0) is 58.2 Å². The summed E-state index contributed by atoms with van der Waals surface area (Å²) < 4.78 is 0. The van der Waals surface area contributed by atoms with Gasteiger partial charge in [-0.1, -0.05) is 32.6 Å². The second-order valence-electron chi connectivity index (χ2n) is 6.59. The topological polar surface area (TPSA) is 15.3 Å². The monoisotopic (exact) mass is 252 g/mol. The number of hydrogen-bond donors (Lipinski definition) is 1. The first-order valence-corrected chi connectivity index (χ1v) is 8.21. The van der Waals surface area contributed by atoms with Gasteiger partial charge in [0.25, 0.3) is 0 Å². The minimum Gasteiger partial charge on any atom is -0.314 e. The Kier molecular flexibility index (Phi) is 5.97. The van der Waals surface area contributed by atoms with E-state index in [0.717, 1.165) is 18.0 Å². The normalized spacial score (nSPS) is 35.3. The van der Waals surface area contributed by atoms with Crippen LogP contribution >= 0.6 is 0 Å². The number of rotatable bonds is 4.